The molecule has 0 rings (SSSR count). The summed E-state index contributed by atoms with van der Waals surface area (Å²) in [6, 6.07) is 0. The van der Waals surface area contributed by atoms with Gasteiger partial charge in [0, 0.05) is 6.61 Å². The summed E-state index contributed by atoms with van der Waals surface area (Å²) < 4.78 is 0. The molecule has 0 aromatic carbocycles. The molecule has 0 aliphatic heterocycles. The maximum atomic E-state index is 9.53. The van der Waals surface area contributed by atoms with Crippen molar-refractivity contribution in [3.8, 4) is 0 Å². The number of hydrogen-bond acceptors (Lipinski definition) is 2. The van der Waals surface area contributed by atoms with Gasteiger partial charge >= 0.3 is 0 Å². The molecule has 0 aromatic heterocycles. The number of aliphatic hydroxyl groups is 2. The average Bonchev–Trinajstić information content (AvgIpc) is 1.84. The summed E-state index contributed by atoms with van der Waals surface area (Å²) >= 11 is 0. The van der Waals surface area contributed by atoms with Gasteiger partial charge in [0.05, 0.1) is 6.10 Å². The lowest BCUT2D eigenvalue weighted by atomic mass is 9.88. The molecule has 1 atom stereocenters. The lowest BCUT2D eigenvalue weighted by Gasteiger charge is -2.22. The highest BCUT2D eigenvalue weighted by atomic mass is 16.3. The van der Waals surface area contributed by atoms with E-state index in [4.69, 9.17) is 5.11 Å². The molecular formula is C10H22O2. The summed E-state index contributed by atoms with van der Waals surface area (Å²) in [7, 11) is 0. The molecule has 0 radical (unpaired) electrons. The molecule has 0 bridgehead atoms. The summed E-state index contributed by atoms with van der Waals surface area (Å²) in [5.41, 5.74) is 0.207. The third-order valence-corrected chi connectivity index (χ3v) is 1.79. The molecule has 0 spiro atoms. The maximum absolute atomic E-state index is 9.53. The Morgan fingerprint density at radius 3 is 2.17 bits per heavy atom. The van der Waals surface area contributed by atoms with Gasteiger partial charge in [0.25, 0.3) is 0 Å². The first kappa shape index (κ1) is 11.9. The molecule has 0 aliphatic rings. The maximum Gasteiger partial charge on any atom is 0.0545 e. The molecule has 1 unspecified atom stereocenters. The van der Waals surface area contributed by atoms with Crippen LogP contribution in [0.5, 0.6) is 0 Å². The van der Waals surface area contributed by atoms with Crippen LogP contribution in [0.4, 0.5) is 0 Å². The van der Waals surface area contributed by atoms with E-state index in [1.807, 2.05) is 0 Å². The fraction of sp³-hybridized carbons (Fsp3) is 1.00. The summed E-state index contributed by atoms with van der Waals surface area (Å²) in [6.07, 6.45) is 3.20. The molecule has 74 valence electrons. The van der Waals surface area contributed by atoms with Crippen LogP contribution in [0, 0.1) is 5.41 Å². The summed E-state index contributed by atoms with van der Waals surface area (Å²) in [5, 5.41) is 18.1. The predicted molar refractivity (Wildman–Crippen MR) is 51.0 cm³/mol. The third-order valence-electron chi connectivity index (χ3n) is 1.79. The first-order chi connectivity index (χ1) is 5.45. The minimum atomic E-state index is -0.198. The minimum absolute atomic E-state index is 0.198. The largest absolute Gasteiger partial charge is 0.396 e. The van der Waals surface area contributed by atoms with E-state index in [1.54, 1.807) is 0 Å². The van der Waals surface area contributed by atoms with Crippen LogP contribution in [-0.4, -0.2) is 22.9 Å². The Bertz CT molecular complexity index is 105. The van der Waals surface area contributed by atoms with Crippen LogP contribution in [0.25, 0.3) is 0 Å². The second kappa shape index (κ2) is 5.55. The fourth-order valence-electron chi connectivity index (χ4n) is 1.30. The third kappa shape index (κ3) is 8.02. The molecule has 12 heavy (non-hydrogen) atoms. The van der Waals surface area contributed by atoms with Gasteiger partial charge in [-0.2, -0.15) is 0 Å². The SMILES string of the molecule is CC(C)(C)CC(O)CCCCO. The van der Waals surface area contributed by atoms with Crippen LogP contribution in [0.2, 0.25) is 0 Å². The molecule has 0 saturated carbocycles. The van der Waals surface area contributed by atoms with Crippen LogP contribution < -0.4 is 0 Å². The van der Waals surface area contributed by atoms with Crippen LogP contribution in [0.1, 0.15) is 46.5 Å². The van der Waals surface area contributed by atoms with E-state index >= 15 is 0 Å². The summed E-state index contributed by atoms with van der Waals surface area (Å²) in [5.74, 6) is 0. The van der Waals surface area contributed by atoms with E-state index in [0.29, 0.717) is 0 Å². The smallest absolute Gasteiger partial charge is 0.0545 e. The van der Waals surface area contributed by atoms with Gasteiger partial charge in [-0.05, 0) is 31.1 Å². The van der Waals surface area contributed by atoms with E-state index in [9.17, 15) is 5.11 Å². The zero-order valence-electron chi connectivity index (χ0n) is 8.51. The normalized spacial score (nSPS) is 14.8. The van der Waals surface area contributed by atoms with Gasteiger partial charge in [-0.3, -0.25) is 0 Å². The highest BCUT2D eigenvalue weighted by Crippen LogP contribution is 2.22. The molecule has 2 heteroatoms. The zero-order chi connectivity index (χ0) is 9.61. The van der Waals surface area contributed by atoms with Crippen molar-refractivity contribution in [2.24, 2.45) is 5.41 Å². The Morgan fingerprint density at radius 2 is 1.75 bits per heavy atom. The Balaban J connectivity index is 3.40. The van der Waals surface area contributed by atoms with E-state index in [0.717, 1.165) is 25.7 Å². The first-order valence-corrected chi connectivity index (χ1v) is 4.74. The van der Waals surface area contributed by atoms with Gasteiger partial charge in [0.2, 0.25) is 0 Å². The van der Waals surface area contributed by atoms with Crippen molar-refractivity contribution in [3.05, 3.63) is 0 Å². The number of rotatable bonds is 5. The standard InChI is InChI=1S/C10H22O2/c1-10(2,3)8-9(12)6-4-5-7-11/h9,11-12H,4-8H2,1-3H3. The van der Waals surface area contributed by atoms with Crippen molar-refractivity contribution >= 4 is 0 Å². The second-order valence-corrected chi connectivity index (χ2v) is 4.64. The number of hydrogen-bond donors (Lipinski definition) is 2. The van der Waals surface area contributed by atoms with E-state index in [2.05, 4.69) is 20.8 Å². The minimum Gasteiger partial charge on any atom is -0.396 e. The monoisotopic (exact) mass is 174 g/mol. The van der Waals surface area contributed by atoms with Gasteiger partial charge in [-0.1, -0.05) is 20.8 Å². The Morgan fingerprint density at radius 1 is 1.17 bits per heavy atom. The Hall–Kier alpha value is -0.0800. The predicted octanol–water partition coefficient (Wildman–Crippen LogP) is 1.95. The highest BCUT2D eigenvalue weighted by molar-refractivity contribution is 4.67. The Kier molecular flexibility index (Phi) is 5.51. The quantitative estimate of drug-likeness (QED) is 0.625. The van der Waals surface area contributed by atoms with Crippen molar-refractivity contribution in [2.75, 3.05) is 6.61 Å². The first-order valence-electron chi connectivity index (χ1n) is 4.74. The van der Waals surface area contributed by atoms with Gasteiger partial charge in [0.15, 0.2) is 0 Å². The van der Waals surface area contributed by atoms with Crippen LogP contribution in [0.15, 0.2) is 0 Å². The molecule has 0 fully saturated rings. The van der Waals surface area contributed by atoms with Crippen LogP contribution in [0.3, 0.4) is 0 Å². The lowest BCUT2D eigenvalue weighted by Crippen LogP contribution is -2.17. The van der Waals surface area contributed by atoms with Crippen molar-refractivity contribution in [1.29, 1.82) is 0 Å². The lowest BCUT2D eigenvalue weighted by molar-refractivity contribution is 0.108. The van der Waals surface area contributed by atoms with Gasteiger partial charge in [0.1, 0.15) is 0 Å². The Labute approximate surface area is 75.6 Å². The molecule has 0 heterocycles. The van der Waals surface area contributed by atoms with Crippen LogP contribution in [-0.2, 0) is 0 Å². The molecule has 0 aliphatic carbocycles. The van der Waals surface area contributed by atoms with E-state index in [1.165, 1.54) is 0 Å². The summed E-state index contributed by atoms with van der Waals surface area (Å²) in [4.78, 5) is 0. The summed E-state index contributed by atoms with van der Waals surface area (Å²) in [6.45, 7) is 6.62. The fourth-order valence-corrected chi connectivity index (χ4v) is 1.30. The topological polar surface area (TPSA) is 40.5 Å². The molecule has 0 aromatic rings. The molecule has 0 amide bonds. The molecule has 2 nitrogen and oxygen atoms in total. The van der Waals surface area contributed by atoms with Crippen molar-refractivity contribution in [2.45, 2.75) is 52.6 Å². The average molecular weight is 174 g/mol. The van der Waals surface area contributed by atoms with E-state index in [-0.39, 0.29) is 18.1 Å². The number of unbranched alkanes of at least 4 members (excludes halogenated alkanes) is 1. The van der Waals surface area contributed by atoms with Gasteiger partial charge in [-0.25, -0.2) is 0 Å². The second-order valence-electron chi connectivity index (χ2n) is 4.64. The van der Waals surface area contributed by atoms with Gasteiger partial charge < -0.3 is 10.2 Å². The van der Waals surface area contributed by atoms with Crippen molar-refractivity contribution in [1.82, 2.24) is 0 Å². The zero-order valence-corrected chi connectivity index (χ0v) is 8.51. The van der Waals surface area contributed by atoms with Crippen molar-refractivity contribution < 1.29 is 10.2 Å². The molecular weight excluding hydrogens is 152 g/mol. The number of aliphatic hydroxyl groups excluding tert-OH is 2. The van der Waals surface area contributed by atoms with Gasteiger partial charge in [-0.15, -0.1) is 0 Å². The van der Waals surface area contributed by atoms with Crippen molar-refractivity contribution in [3.63, 3.8) is 0 Å². The molecule has 2 N–H and O–H groups in total. The molecule has 0 saturated heterocycles. The highest BCUT2D eigenvalue weighted by Gasteiger charge is 2.15. The van der Waals surface area contributed by atoms with Crippen LogP contribution >= 0.6 is 0 Å². The van der Waals surface area contributed by atoms with E-state index < -0.39 is 0 Å².